The van der Waals surface area contributed by atoms with Gasteiger partial charge in [-0.2, -0.15) is 0 Å². The molecule has 0 bridgehead atoms. The summed E-state index contributed by atoms with van der Waals surface area (Å²) >= 11 is 3.52. The summed E-state index contributed by atoms with van der Waals surface area (Å²) in [5.41, 5.74) is 7.84. The molecular formula is C13H21BrN2O. The van der Waals surface area contributed by atoms with E-state index in [1.54, 1.807) is 0 Å². The van der Waals surface area contributed by atoms with Crippen molar-refractivity contribution in [3.05, 3.63) is 28.2 Å². The van der Waals surface area contributed by atoms with Crippen molar-refractivity contribution >= 4 is 21.6 Å². The molecule has 0 saturated carbocycles. The second-order valence-electron chi connectivity index (χ2n) is 4.48. The fourth-order valence-electron chi connectivity index (χ4n) is 1.54. The van der Waals surface area contributed by atoms with E-state index in [2.05, 4.69) is 47.8 Å². The SMILES string of the molecule is CC(C)OCCN(C)Cc1cccc(N)c1Br. The topological polar surface area (TPSA) is 38.5 Å². The van der Waals surface area contributed by atoms with Crippen molar-refractivity contribution in [1.29, 1.82) is 0 Å². The van der Waals surface area contributed by atoms with E-state index in [1.165, 1.54) is 5.56 Å². The van der Waals surface area contributed by atoms with Crippen molar-refractivity contribution in [1.82, 2.24) is 4.90 Å². The first kappa shape index (κ1) is 14.5. The quantitative estimate of drug-likeness (QED) is 0.821. The van der Waals surface area contributed by atoms with Crippen LogP contribution in [0.4, 0.5) is 5.69 Å². The van der Waals surface area contributed by atoms with Gasteiger partial charge in [0.1, 0.15) is 0 Å². The molecule has 1 rings (SSSR count). The van der Waals surface area contributed by atoms with Crippen LogP contribution in [0.5, 0.6) is 0 Å². The highest BCUT2D eigenvalue weighted by Gasteiger charge is 2.06. The predicted molar refractivity (Wildman–Crippen MR) is 76.0 cm³/mol. The van der Waals surface area contributed by atoms with E-state index >= 15 is 0 Å². The molecule has 0 spiro atoms. The van der Waals surface area contributed by atoms with Gasteiger partial charge >= 0.3 is 0 Å². The Morgan fingerprint density at radius 2 is 2.12 bits per heavy atom. The third kappa shape index (κ3) is 5.06. The lowest BCUT2D eigenvalue weighted by Crippen LogP contribution is -2.24. The van der Waals surface area contributed by atoms with Gasteiger partial charge in [-0.15, -0.1) is 0 Å². The minimum Gasteiger partial charge on any atom is -0.398 e. The monoisotopic (exact) mass is 300 g/mol. The highest BCUT2D eigenvalue weighted by atomic mass is 79.9. The molecule has 0 amide bonds. The van der Waals surface area contributed by atoms with Crippen LogP contribution in [0, 0.1) is 0 Å². The van der Waals surface area contributed by atoms with E-state index < -0.39 is 0 Å². The number of halogens is 1. The van der Waals surface area contributed by atoms with Gasteiger partial charge in [0, 0.05) is 23.2 Å². The molecule has 0 radical (unpaired) electrons. The second kappa shape index (κ2) is 6.99. The summed E-state index contributed by atoms with van der Waals surface area (Å²) in [6.07, 6.45) is 0.294. The molecule has 0 saturated heterocycles. The van der Waals surface area contributed by atoms with Gasteiger partial charge in [0.15, 0.2) is 0 Å². The van der Waals surface area contributed by atoms with Crippen LogP contribution < -0.4 is 5.73 Å². The summed E-state index contributed by atoms with van der Waals surface area (Å²) in [5.74, 6) is 0. The number of benzene rings is 1. The number of nitrogens with zero attached hydrogens (tertiary/aromatic N) is 1. The smallest absolute Gasteiger partial charge is 0.0596 e. The first-order chi connectivity index (χ1) is 8.00. The van der Waals surface area contributed by atoms with Gasteiger partial charge in [-0.1, -0.05) is 12.1 Å². The Labute approximate surface area is 112 Å². The maximum Gasteiger partial charge on any atom is 0.0596 e. The van der Waals surface area contributed by atoms with Gasteiger partial charge in [0.05, 0.1) is 12.7 Å². The molecule has 0 aliphatic carbocycles. The standard InChI is InChI=1S/C13H21BrN2O/c1-10(2)17-8-7-16(3)9-11-5-4-6-12(15)13(11)14/h4-6,10H,7-9,15H2,1-3H3. The van der Waals surface area contributed by atoms with Crippen molar-refractivity contribution < 1.29 is 4.74 Å². The third-order valence-corrected chi connectivity index (χ3v) is 3.44. The van der Waals surface area contributed by atoms with Gasteiger partial charge in [-0.25, -0.2) is 0 Å². The van der Waals surface area contributed by atoms with Crippen LogP contribution in [0.15, 0.2) is 22.7 Å². The molecular weight excluding hydrogens is 280 g/mol. The second-order valence-corrected chi connectivity index (χ2v) is 5.27. The summed E-state index contributed by atoms with van der Waals surface area (Å²) in [4.78, 5) is 2.22. The Bertz CT molecular complexity index is 355. The first-order valence-electron chi connectivity index (χ1n) is 5.83. The van der Waals surface area contributed by atoms with Crippen LogP contribution in [-0.4, -0.2) is 31.2 Å². The maximum absolute atomic E-state index is 5.85. The highest BCUT2D eigenvalue weighted by molar-refractivity contribution is 9.10. The Kier molecular flexibility index (Phi) is 5.95. The number of hydrogen-bond acceptors (Lipinski definition) is 3. The van der Waals surface area contributed by atoms with Crippen molar-refractivity contribution in [3.8, 4) is 0 Å². The molecule has 0 unspecified atom stereocenters. The summed E-state index contributed by atoms with van der Waals surface area (Å²) < 4.78 is 6.52. The van der Waals surface area contributed by atoms with Crippen molar-refractivity contribution in [2.75, 3.05) is 25.9 Å². The van der Waals surface area contributed by atoms with Crippen molar-refractivity contribution in [2.24, 2.45) is 0 Å². The lowest BCUT2D eigenvalue weighted by molar-refractivity contribution is 0.0627. The molecule has 0 aliphatic rings. The molecule has 17 heavy (non-hydrogen) atoms. The molecule has 1 aromatic carbocycles. The van der Waals surface area contributed by atoms with Crippen LogP contribution in [0.25, 0.3) is 0 Å². The highest BCUT2D eigenvalue weighted by Crippen LogP contribution is 2.24. The van der Waals surface area contributed by atoms with Crippen molar-refractivity contribution in [3.63, 3.8) is 0 Å². The Balaban J connectivity index is 2.45. The van der Waals surface area contributed by atoms with E-state index in [0.717, 1.165) is 29.9 Å². The van der Waals surface area contributed by atoms with Gasteiger partial charge in [-0.3, -0.25) is 4.90 Å². The van der Waals surface area contributed by atoms with Gasteiger partial charge in [0.25, 0.3) is 0 Å². The number of nitrogen functional groups attached to an aromatic ring is 1. The van der Waals surface area contributed by atoms with Crippen LogP contribution in [0.1, 0.15) is 19.4 Å². The molecule has 96 valence electrons. The minimum absolute atomic E-state index is 0.294. The number of rotatable bonds is 6. The van der Waals surface area contributed by atoms with E-state index in [9.17, 15) is 0 Å². The number of hydrogen-bond donors (Lipinski definition) is 1. The summed E-state index contributed by atoms with van der Waals surface area (Å²) in [5, 5.41) is 0. The average Bonchev–Trinajstić information content (AvgIpc) is 2.24. The number of anilines is 1. The predicted octanol–water partition coefficient (Wildman–Crippen LogP) is 2.89. The fourth-order valence-corrected chi connectivity index (χ4v) is 1.93. The van der Waals surface area contributed by atoms with E-state index in [1.807, 2.05) is 12.1 Å². The zero-order chi connectivity index (χ0) is 12.8. The molecule has 0 atom stereocenters. The largest absolute Gasteiger partial charge is 0.398 e. The molecule has 0 fully saturated rings. The molecule has 1 aromatic rings. The van der Waals surface area contributed by atoms with Gasteiger partial charge in [-0.05, 0) is 48.5 Å². The zero-order valence-electron chi connectivity index (χ0n) is 10.7. The Hall–Kier alpha value is -0.580. The Morgan fingerprint density at radius 3 is 2.76 bits per heavy atom. The maximum atomic E-state index is 5.85. The molecule has 2 N–H and O–H groups in total. The minimum atomic E-state index is 0.294. The van der Waals surface area contributed by atoms with E-state index in [-0.39, 0.29) is 0 Å². The summed E-state index contributed by atoms with van der Waals surface area (Å²) in [7, 11) is 2.08. The van der Waals surface area contributed by atoms with Gasteiger partial charge in [0.2, 0.25) is 0 Å². The van der Waals surface area contributed by atoms with E-state index in [4.69, 9.17) is 10.5 Å². The molecule has 0 aliphatic heterocycles. The van der Waals surface area contributed by atoms with Crippen LogP contribution in [0.3, 0.4) is 0 Å². The normalized spacial score (nSPS) is 11.4. The Morgan fingerprint density at radius 1 is 1.41 bits per heavy atom. The molecule has 0 heterocycles. The number of nitrogens with two attached hydrogens (primary N) is 1. The third-order valence-electron chi connectivity index (χ3n) is 2.47. The lowest BCUT2D eigenvalue weighted by atomic mass is 10.2. The fraction of sp³-hybridized carbons (Fsp3) is 0.538. The summed E-state index contributed by atoms with van der Waals surface area (Å²) in [6, 6.07) is 5.96. The van der Waals surface area contributed by atoms with Crippen molar-refractivity contribution in [2.45, 2.75) is 26.5 Å². The van der Waals surface area contributed by atoms with Crippen LogP contribution in [0.2, 0.25) is 0 Å². The molecule has 3 nitrogen and oxygen atoms in total. The molecule has 4 heteroatoms. The average molecular weight is 301 g/mol. The summed E-state index contributed by atoms with van der Waals surface area (Å²) in [6.45, 7) is 6.64. The van der Waals surface area contributed by atoms with Crippen LogP contribution >= 0.6 is 15.9 Å². The number of likely N-dealkylation sites (N-methyl/N-ethyl adjacent to an activating group) is 1. The van der Waals surface area contributed by atoms with Crippen LogP contribution in [-0.2, 0) is 11.3 Å². The lowest BCUT2D eigenvalue weighted by Gasteiger charge is -2.18. The van der Waals surface area contributed by atoms with Gasteiger partial charge < -0.3 is 10.5 Å². The first-order valence-corrected chi connectivity index (χ1v) is 6.63. The zero-order valence-corrected chi connectivity index (χ0v) is 12.3. The van der Waals surface area contributed by atoms with E-state index in [0.29, 0.717) is 6.10 Å². The molecule has 0 aromatic heterocycles. The number of ether oxygens (including phenoxy) is 1.